The van der Waals surface area contributed by atoms with Crippen LogP contribution in [0.15, 0.2) is 206 Å². The van der Waals surface area contributed by atoms with Crippen LogP contribution in [0.5, 0.6) is 0 Å². The highest BCUT2D eigenvalue weighted by molar-refractivity contribution is 6.14. The molecule has 66 heavy (non-hydrogen) atoms. The first-order chi connectivity index (χ1) is 32.3. The van der Waals surface area contributed by atoms with E-state index >= 15 is 0 Å². The summed E-state index contributed by atoms with van der Waals surface area (Å²) in [7, 11) is 0. The number of nitrogens with zero attached hydrogens (tertiary/aromatic N) is 2. The Morgan fingerprint density at radius 1 is 0.273 bits per heavy atom. The first-order valence-electron chi connectivity index (χ1n) is 23.3. The summed E-state index contributed by atoms with van der Waals surface area (Å²) in [5, 5.41) is 7.71. The molecule has 2 aromatic heterocycles. The lowest BCUT2D eigenvalue weighted by Gasteiger charge is -2.26. The quantitative estimate of drug-likeness (QED) is 0.167. The van der Waals surface area contributed by atoms with Crippen molar-refractivity contribution in [3.63, 3.8) is 0 Å². The van der Waals surface area contributed by atoms with Gasteiger partial charge in [-0.25, -0.2) is 0 Å². The predicted molar refractivity (Wildman–Crippen MR) is 279 cm³/mol. The third kappa shape index (κ3) is 5.02. The van der Waals surface area contributed by atoms with Crippen LogP contribution in [0.25, 0.3) is 110 Å². The van der Waals surface area contributed by atoms with E-state index in [1.165, 1.54) is 133 Å². The van der Waals surface area contributed by atoms with E-state index in [2.05, 4.69) is 243 Å². The molecule has 14 rings (SSSR count). The summed E-state index contributed by atoms with van der Waals surface area (Å²) in [6, 6.07) is 77.2. The molecule has 0 bridgehead atoms. The van der Waals surface area contributed by atoms with Gasteiger partial charge >= 0.3 is 0 Å². The van der Waals surface area contributed by atoms with Crippen LogP contribution in [0, 0.1) is 0 Å². The normalized spacial score (nSPS) is 14.3. The molecule has 0 radical (unpaired) electrons. The van der Waals surface area contributed by atoms with Crippen molar-refractivity contribution in [1.29, 1.82) is 0 Å². The Labute approximate surface area is 384 Å². The van der Waals surface area contributed by atoms with Crippen LogP contribution in [-0.4, -0.2) is 9.13 Å². The van der Waals surface area contributed by atoms with E-state index in [9.17, 15) is 0 Å². The van der Waals surface area contributed by atoms with Gasteiger partial charge in [0.05, 0.1) is 22.1 Å². The molecule has 0 atom stereocenters. The fourth-order valence-electron chi connectivity index (χ4n) is 12.2. The molecule has 2 nitrogen and oxygen atoms in total. The van der Waals surface area contributed by atoms with Crippen LogP contribution >= 0.6 is 0 Å². The number of benzene rings is 10. The van der Waals surface area contributed by atoms with Crippen LogP contribution in [0.3, 0.4) is 0 Å². The fraction of sp³-hybridized carbons (Fsp3) is 0.0938. The van der Waals surface area contributed by atoms with Gasteiger partial charge in [0.25, 0.3) is 0 Å². The molecule has 0 saturated carbocycles. The summed E-state index contributed by atoms with van der Waals surface area (Å²) in [4.78, 5) is 0. The molecule has 2 aliphatic carbocycles. The molecule has 0 fully saturated rings. The maximum Gasteiger partial charge on any atom is 0.0541 e. The topological polar surface area (TPSA) is 9.86 Å². The number of hydrogen-bond donors (Lipinski definition) is 0. The molecule has 0 N–H and O–H groups in total. The zero-order chi connectivity index (χ0) is 44.1. The summed E-state index contributed by atoms with van der Waals surface area (Å²) < 4.78 is 4.80. The lowest BCUT2D eigenvalue weighted by atomic mass is 9.77. The summed E-state index contributed by atoms with van der Waals surface area (Å²) in [6.07, 6.45) is 0. The minimum absolute atomic E-state index is 0.171. The summed E-state index contributed by atoms with van der Waals surface area (Å²) >= 11 is 0. The van der Waals surface area contributed by atoms with Crippen LogP contribution in [0.4, 0.5) is 0 Å². The first-order valence-corrected chi connectivity index (χ1v) is 23.3. The Morgan fingerprint density at radius 3 is 1.36 bits per heavy atom. The average molecular weight is 843 g/mol. The first kappa shape index (κ1) is 37.4. The van der Waals surface area contributed by atoms with Crippen molar-refractivity contribution in [3.8, 4) is 55.9 Å². The number of fused-ring (bicyclic) bond motifs is 14. The minimum Gasteiger partial charge on any atom is -0.309 e. The van der Waals surface area contributed by atoms with Crippen molar-refractivity contribution in [1.82, 2.24) is 9.13 Å². The molecule has 312 valence electrons. The Kier molecular flexibility index (Phi) is 7.55. The van der Waals surface area contributed by atoms with Gasteiger partial charge in [0, 0.05) is 43.7 Å². The van der Waals surface area contributed by atoms with Crippen molar-refractivity contribution in [2.24, 2.45) is 0 Å². The molecular formula is C64H46N2. The molecular weight excluding hydrogens is 797 g/mol. The molecule has 12 aromatic rings. The van der Waals surface area contributed by atoms with E-state index in [0.717, 1.165) is 0 Å². The van der Waals surface area contributed by atoms with Gasteiger partial charge < -0.3 is 9.13 Å². The van der Waals surface area contributed by atoms with E-state index in [-0.39, 0.29) is 10.8 Å². The number of hydrogen-bond acceptors (Lipinski definition) is 0. The van der Waals surface area contributed by atoms with Gasteiger partial charge in [-0.2, -0.15) is 0 Å². The van der Waals surface area contributed by atoms with Crippen molar-refractivity contribution in [3.05, 3.63) is 229 Å². The average Bonchev–Trinajstić information content (AvgIpc) is 4.01. The van der Waals surface area contributed by atoms with Crippen molar-refractivity contribution in [2.45, 2.75) is 38.5 Å². The second-order valence-electron chi connectivity index (χ2n) is 19.7. The molecule has 0 saturated heterocycles. The Balaban J connectivity index is 0.903. The standard InChI is InChI=1S/C64H46N2/c1-63(2)54-35-40(39-28-31-60-51(33-39)46-22-13-15-25-58(46)65(60)42-17-7-5-8-18-42)27-30-45(54)50-36-53-56(38-55(50)63)64(3,4)57-37-49(44-21-11-12-24-48(44)62(53)57)41-29-32-61-52(34-41)47-23-14-16-26-59(47)66(61)43-19-9-6-10-20-43/h5-38H,1-4H3. The number of aromatic nitrogens is 2. The van der Waals surface area contributed by atoms with Gasteiger partial charge in [-0.15, -0.1) is 0 Å². The smallest absolute Gasteiger partial charge is 0.0541 e. The maximum absolute atomic E-state index is 2.58. The van der Waals surface area contributed by atoms with Crippen LogP contribution in [0.1, 0.15) is 49.9 Å². The lowest BCUT2D eigenvalue weighted by molar-refractivity contribution is 0.639. The summed E-state index contributed by atoms with van der Waals surface area (Å²) in [5.74, 6) is 0. The van der Waals surface area contributed by atoms with Crippen LogP contribution in [0.2, 0.25) is 0 Å². The SMILES string of the molecule is CC1(C)c2cc(-c3ccc4c(c3)c3ccccc3n4-c3ccccc3)ccc2-c2cc3c(cc21)C(C)(C)c1cc(-c2ccc4c(c2)c2ccccc2n4-c2ccccc2)c2ccccc2c1-3. The monoisotopic (exact) mass is 842 g/mol. The van der Waals surface area contributed by atoms with E-state index in [4.69, 9.17) is 0 Å². The summed E-state index contributed by atoms with van der Waals surface area (Å²) in [6.45, 7) is 9.74. The molecule has 0 spiro atoms. The lowest BCUT2D eigenvalue weighted by Crippen LogP contribution is -2.19. The Hall–Kier alpha value is -7.94. The van der Waals surface area contributed by atoms with Crippen molar-refractivity contribution >= 4 is 54.4 Å². The third-order valence-electron chi connectivity index (χ3n) is 15.5. The molecule has 2 heterocycles. The predicted octanol–water partition coefficient (Wildman–Crippen LogP) is 17.0. The highest BCUT2D eigenvalue weighted by Crippen LogP contribution is 2.58. The summed E-state index contributed by atoms with van der Waals surface area (Å²) in [5.41, 5.74) is 23.0. The van der Waals surface area contributed by atoms with Gasteiger partial charge in [0.15, 0.2) is 0 Å². The van der Waals surface area contributed by atoms with Gasteiger partial charge in [0.1, 0.15) is 0 Å². The van der Waals surface area contributed by atoms with Gasteiger partial charge in [-0.3, -0.25) is 0 Å². The van der Waals surface area contributed by atoms with Crippen molar-refractivity contribution in [2.75, 3.05) is 0 Å². The minimum atomic E-state index is -0.198. The highest BCUT2D eigenvalue weighted by Gasteiger charge is 2.43. The Bertz CT molecular complexity index is 4030. The second-order valence-corrected chi connectivity index (χ2v) is 19.7. The zero-order valence-electron chi connectivity index (χ0n) is 37.5. The van der Waals surface area contributed by atoms with Crippen LogP contribution in [-0.2, 0) is 10.8 Å². The van der Waals surface area contributed by atoms with Crippen LogP contribution < -0.4 is 0 Å². The molecule has 0 amide bonds. The van der Waals surface area contributed by atoms with E-state index in [1.807, 2.05) is 0 Å². The highest BCUT2D eigenvalue weighted by atomic mass is 15.0. The van der Waals surface area contributed by atoms with E-state index in [0.29, 0.717) is 0 Å². The van der Waals surface area contributed by atoms with E-state index < -0.39 is 0 Å². The molecule has 2 heteroatoms. The Morgan fingerprint density at radius 2 is 0.727 bits per heavy atom. The largest absolute Gasteiger partial charge is 0.309 e. The van der Waals surface area contributed by atoms with Gasteiger partial charge in [0.2, 0.25) is 0 Å². The number of para-hydroxylation sites is 4. The zero-order valence-corrected chi connectivity index (χ0v) is 37.5. The second kappa shape index (κ2) is 13.3. The maximum atomic E-state index is 2.58. The molecule has 10 aromatic carbocycles. The van der Waals surface area contributed by atoms with Gasteiger partial charge in [-0.05, 0) is 156 Å². The number of rotatable bonds is 4. The third-order valence-corrected chi connectivity index (χ3v) is 15.5. The molecule has 0 unspecified atom stereocenters. The van der Waals surface area contributed by atoms with E-state index in [1.54, 1.807) is 0 Å². The van der Waals surface area contributed by atoms with Gasteiger partial charge in [-0.1, -0.05) is 155 Å². The molecule has 0 aliphatic heterocycles. The fourth-order valence-corrected chi connectivity index (χ4v) is 12.2. The molecule has 2 aliphatic rings. The van der Waals surface area contributed by atoms with Crippen molar-refractivity contribution < 1.29 is 0 Å².